The molecule has 0 N–H and O–H groups in total. The van der Waals surface area contributed by atoms with E-state index < -0.39 is 0 Å². The Balaban J connectivity index is 1.44. The largest absolute Gasteiger partial charge is 0.308 e. The van der Waals surface area contributed by atoms with Crippen LogP contribution in [0.1, 0.15) is 0 Å². The molecule has 0 unspecified atom stereocenters. The van der Waals surface area contributed by atoms with Gasteiger partial charge in [-0.3, -0.25) is 9.55 Å². The van der Waals surface area contributed by atoms with E-state index >= 15 is 0 Å². The molecular weight excluding hydrogens is 536 g/mol. The van der Waals surface area contributed by atoms with Crippen LogP contribution in [-0.2, 0) is 0 Å². The minimum Gasteiger partial charge on any atom is -0.308 e. The molecule has 4 heteroatoms. The lowest BCUT2D eigenvalue weighted by Crippen LogP contribution is -1.98. The Morgan fingerprint density at radius 1 is 0.432 bits per heavy atom. The van der Waals surface area contributed by atoms with E-state index in [2.05, 4.69) is 130 Å². The first-order chi connectivity index (χ1) is 21.8. The summed E-state index contributed by atoms with van der Waals surface area (Å²) in [6.07, 6.45) is 1.86. The van der Waals surface area contributed by atoms with E-state index in [0.717, 1.165) is 33.1 Å². The average molecular weight is 559 g/mol. The minimum absolute atomic E-state index is 0.897. The van der Waals surface area contributed by atoms with Crippen molar-refractivity contribution in [3.63, 3.8) is 0 Å². The number of hydrogen-bond donors (Lipinski definition) is 0. The monoisotopic (exact) mass is 558 g/mol. The van der Waals surface area contributed by atoms with Gasteiger partial charge in [0.25, 0.3) is 0 Å². The first kappa shape index (κ1) is 22.6. The molecule has 0 saturated heterocycles. The van der Waals surface area contributed by atoms with Crippen LogP contribution in [0.5, 0.6) is 0 Å². The highest BCUT2D eigenvalue weighted by molar-refractivity contribution is 6.37. The molecule has 5 heterocycles. The van der Waals surface area contributed by atoms with Crippen molar-refractivity contribution in [3.05, 3.63) is 134 Å². The lowest BCUT2D eigenvalue weighted by molar-refractivity contribution is 1.11. The maximum Gasteiger partial charge on any atom is 0.138 e. The highest BCUT2D eigenvalue weighted by atomic mass is 15.1. The van der Waals surface area contributed by atoms with Gasteiger partial charge in [-0.2, -0.15) is 0 Å². The second-order valence-electron chi connectivity index (χ2n) is 11.8. The van der Waals surface area contributed by atoms with Gasteiger partial charge in [-0.05, 0) is 53.2 Å². The van der Waals surface area contributed by atoms with Crippen molar-refractivity contribution in [1.82, 2.24) is 18.9 Å². The van der Waals surface area contributed by atoms with E-state index in [1.165, 1.54) is 65.2 Å². The topological polar surface area (TPSA) is 35.1 Å². The minimum atomic E-state index is 0.897. The molecule has 202 valence electrons. The fraction of sp³-hybridized carbons (Fsp3) is 0. The summed E-state index contributed by atoms with van der Waals surface area (Å²) in [5.74, 6) is 0.897. The Morgan fingerprint density at radius 2 is 1.09 bits per heavy atom. The number of hydrogen-bond acceptors (Lipinski definition) is 2. The third-order valence-corrected chi connectivity index (χ3v) is 9.63. The lowest BCUT2D eigenvalue weighted by atomic mass is 9.99. The Morgan fingerprint density at radius 3 is 1.98 bits per heavy atom. The van der Waals surface area contributed by atoms with Crippen LogP contribution in [0, 0.1) is 0 Å². The number of aromatic nitrogens is 4. The fourth-order valence-corrected chi connectivity index (χ4v) is 7.84. The average Bonchev–Trinajstić information content (AvgIpc) is 3.72. The predicted octanol–water partition coefficient (Wildman–Crippen LogP) is 10.2. The van der Waals surface area contributed by atoms with Crippen molar-refractivity contribution in [3.8, 4) is 5.82 Å². The highest BCUT2D eigenvalue weighted by Gasteiger charge is 2.25. The van der Waals surface area contributed by atoms with Gasteiger partial charge < -0.3 is 4.40 Å². The SMILES string of the molecule is c1ccc2c(c1)ccc1c2c2c3c(cc4c5ccccc5n1c42)c1ccccc1n3-c1ccc2ccc3cccnc3c2n1. The molecule has 0 aliphatic rings. The van der Waals surface area contributed by atoms with Gasteiger partial charge in [-0.1, -0.05) is 84.9 Å². The molecular formula is C40H22N4. The summed E-state index contributed by atoms with van der Waals surface area (Å²) in [7, 11) is 0. The van der Waals surface area contributed by atoms with Gasteiger partial charge in [-0.25, -0.2) is 4.98 Å². The molecule has 0 atom stereocenters. The summed E-state index contributed by atoms with van der Waals surface area (Å²) in [5, 5.41) is 12.3. The van der Waals surface area contributed by atoms with Gasteiger partial charge in [0.2, 0.25) is 0 Å². The fourth-order valence-electron chi connectivity index (χ4n) is 7.84. The van der Waals surface area contributed by atoms with E-state index in [4.69, 9.17) is 9.97 Å². The zero-order chi connectivity index (χ0) is 28.5. The van der Waals surface area contributed by atoms with E-state index in [-0.39, 0.29) is 0 Å². The second-order valence-corrected chi connectivity index (χ2v) is 11.8. The Hall–Kier alpha value is -6.00. The third-order valence-electron chi connectivity index (χ3n) is 9.63. The van der Waals surface area contributed by atoms with Crippen molar-refractivity contribution < 1.29 is 0 Å². The number of pyridine rings is 2. The summed E-state index contributed by atoms with van der Waals surface area (Å²) >= 11 is 0. The molecule has 11 rings (SSSR count). The summed E-state index contributed by atoms with van der Waals surface area (Å²) in [4.78, 5) is 10.1. The van der Waals surface area contributed by atoms with Crippen LogP contribution < -0.4 is 0 Å². The van der Waals surface area contributed by atoms with Crippen LogP contribution in [0.4, 0.5) is 0 Å². The van der Waals surface area contributed by atoms with E-state index in [0.29, 0.717) is 0 Å². The van der Waals surface area contributed by atoms with Crippen LogP contribution in [0.2, 0.25) is 0 Å². The standard InChI is InChI=1S/C40H22N4/c1-2-10-26-23(8-1)17-19-33-35(26)36-39-29(27-11-3-5-13-31(27)43(33)39)22-30-28-12-4-6-14-32(28)44(40(30)36)34-20-18-25-16-15-24-9-7-21-41-37(24)38(25)42-34/h1-22H. The number of rotatable bonds is 1. The van der Waals surface area contributed by atoms with Gasteiger partial charge in [0.05, 0.1) is 38.6 Å². The highest BCUT2D eigenvalue weighted by Crippen LogP contribution is 2.47. The Labute approximate surface area is 250 Å². The van der Waals surface area contributed by atoms with E-state index in [9.17, 15) is 0 Å². The molecule has 5 aromatic heterocycles. The second kappa shape index (κ2) is 7.88. The molecule has 0 spiro atoms. The van der Waals surface area contributed by atoms with E-state index in [1.54, 1.807) is 0 Å². The zero-order valence-corrected chi connectivity index (χ0v) is 23.5. The van der Waals surface area contributed by atoms with Crippen LogP contribution in [0.3, 0.4) is 0 Å². The number of para-hydroxylation sites is 2. The van der Waals surface area contributed by atoms with Crippen molar-refractivity contribution in [2.75, 3.05) is 0 Å². The van der Waals surface area contributed by atoms with Crippen molar-refractivity contribution in [2.45, 2.75) is 0 Å². The van der Waals surface area contributed by atoms with Gasteiger partial charge in [0.1, 0.15) is 5.82 Å². The van der Waals surface area contributed by atoms with Crippen LogP contribution >= 0.6 is 0 Å². The van der Waals surface area contributed by atoms with Crippen LogP contribution in [0.25, 0.3) is 98.3 Å². The third kappa shape index (κ3) is 2.65. The van der Waals surface area contributed by atoms with Gasteiger partial charge in [-0.15, -0.1) is 0 Å². The van der Waals surface area contributed by atoms with Gasteiger partial charge >= 0.3 is 0 Å². The van der Waals surface area contributed by atoms with Crippen LogP contribution in [0.15, 0.2) is 134 Å². The molecule has 4 nitrogen and oxygen atoms in total. The molecule has 6 aromatic carbocycles. The molecule has 0 bridgehead atoms. The van der Waals surface area contributed by atoms with E-state index in [1.807, 2.05) is 12.3 Å². The summed E-state index contributed by atoms with van der Waals surface area (Å²) in [6, 6.07) is 46.0. The summed E-state index contributed by atoms with van der Waals surface area (Å²) in [6.45, 7) is 0. The molecule has 44 heavy (non-hydrogen) atoms. The summed E-state index contributed by atoms with van der Waals surface area (Å²) in [5.41, 5.74) is 7.93. The maximum absolute atomic E-state index is 5.37. The molecule has 0 aliphatic heterocycles. The smallest absolute Gasteiger partial charge is 0.138 e. The van der Waals surface area contributed by atoms with Crippen molar-refractivity contribution in [2.24, 2.45) is 0 Å². The summed E-state index contributed by atoms with van der Waals surface area (Å²) < 4.78 is 4.87. The maximum atomic E-state index is 5.37. The predicted molar refractivity (Wildman–Crippen MR) is 184 cm³/mol. The number of benzene rings is 6. The zero-order valence-electron chi connectivity index (χ0n) is 23.5. The molecule has 0 aliphatic carbocycles. The Kier molecular flexibility index (Phi) is 4.04. The molecule has 11 aromatic rings. The quantitative estimate of drug-likeness (QED) is 0.188. The molecule has 0 amide bonds. The Bertz CT molecular complexity index is 3000. The molecule has 0 saturated carbocycles. The van der Waals surface area contributed by atoms with Gasteiger partial charge in [0.15, 0.2) is 0 Å². The number of fused-ring (bicyclic) bond motifs is 15. The molecule has 0 radical (unpaired) electrons. The first-order valence-electron chi connectivity index (χ1n) is 15.0. The number of nitrogens with zero attached hydrogens (tertiary/aromatic N) is 4. The van der Waals surface area contributed by atoms with Crippen molar-refractivity contribution >= 4 is 92.5 Å². The first-order valence-corrected chi connectivity index (χ1v) is 15.0. The van der Waals surface area contributed by atoms with Crippen molar-refractivity contribution in [1.29, 1.82) is 0 Å². The molecule has 0 fully saturated rings. The normalized spacial score (nSPS) is 12.5. The van der Waals surface area contributed by atoms with Crippen LogP contribution in [-0.4, -0.2) is 18.9 Å². The van der Waals surface area contributed by atoms with Gasteiger partial charge in [0, 0.05) is 49.3 Å². The lowest BCUT2D eigenvalue weighted by Gasteiger charge is -2.11.